The lowest BCUT2D eigenvalue weighted by Crippen LogP contribution is -2.49. The predicted octanol–water partition coefficient (Wildman–Crippen LogP) is -0.814. The first-order valence-corrected chi connectivity index (χ1v) is 9.92. The number of thioether (sulfide) groups is 1. The molecule has 1 rings (SSSR count). The van der Waals surface area contributed by atoms with Crippen LogP contribution in [0.2, 0.25) is 0 Å². The van der Waals surface area contributed by atoms with Gasteiger partial charge in [-0.05, 0) is 30.7 Å². The Balaban J connectivity index is 2.63. The van der Waals surface area contributed by atoms with E-state index in [4.69, 9.17) is 15.9 Å². The van der Waals surface area contributed by atoms with Crippen LogP contribution in [0.25, 0.3) is 0 Å². The number of phenols is 1. The summed E-state index contributed by atoms with van der Waals surface area (Å²) >= 11 is 1.05. The third kappa shape index (κ3) is 9.39. The molecule has 2 amide bonds. The summed E-state index contributed by atoms with van der Waals surface area (Å²) in [7, 11) is 0. The van der Waals surface area contributed by atoms with Crippen LogP contribution >= 0.6 is 11.8 Å². The Morgan fingerprint density at radius 3 is 2.27 bits per heavy atom. The summed E-state index contributed by atoms with van der Waals surface area (Å²) in [5.74, 6) is -4.20. The van der Waals surface area contributed by atoms with Crippen LogP contribution in [-0.4, -0.2) is 75.0 Å². The monoisotopic (exact) mass is 441 g/mol. The fourth-order valence-corrected chi connectivity index (χ4v) is 3.09. The summed E-state index contributed by atoms with van der Waals surface area (Å²) in [6.45, 7) is -0.647. The Hall–Kier alpha value is -3.12. The molecule has 12 heteroatoms. The Morgan fingerprint density at radius 2 is 1.70 bits per heavy atom. The van der Waals surface area contributed by atoms with Crippen molar-refractivity contribution < 1.29 is 39.3 Å². The van der Waals surface area contributed by atoms with Crippen molar-refractivity contribution in [2.75, 3.05) is 18.1 Å². The van der Waals surface area contributed by atoms with Crippen molar-refractivity contribution in [3.8, 4) is 5.75 Å². The minimum Gasteiger partial charge on any atom is -0.508 e. The van der Waals surface area contributed by atoms with Crippen LogP contribution in [0.5, 0.6) is 5.75 Å². The number of Topliss-reactive ketones (excluding diaryl/α,β-unsaturated/α-hetero) is 1. The second kappa shape index (κ2) is 12.4. The van der Waals surface area contributed by atoms with Gasteiger partial charge < -0.3 is 31.7 Å². The number of carboxylic acids is 2. The van der Waals surface area contributed by atoms with Crippen LogP contribution in [0, 0.1) is 0 Å². The lowest BCUT2D eigenvalue weighted by atomic mass is 10.1. The van der Waals surface area contributed by atoms with Crippen LogP contribution in [0.4, 0.5) is 0 Å². The maximum Gasteiger partial charge on any atom is 0.322 e. The molecule has 164 valence electrons. The smallest absolute Gasteiger partial charge is 0.322 e. The molecular weight excluding hydrogens is 418 g/mol. The fraction of sp³-hybridized carbons (Fsp3) is 0.389. The van der Waals surface area contributed by atoms with Crippen LogP contribution < -0.4 is 16.4 Å². The van der Waals surface area contributed by atoms with E-state index in [1.54, 1.807) is 0 Å². The number of carbonyl (C=O) groups is 5. The Bertz CT molecular complexity index is 784. The normalized spacial score (nSPS) is 12.4. The summed E-state index contributed by atoms with van der Waals surface area (Å²) in [5, 5.41) is 31.2. The minimum atomic E-state index is -1.27. The van der Waals surface area contributed by atoms with Crippen LogP contribution in [0.15, 0.2) is 24.3 Å². The van der Waals surface area contributed by atoms with Crippen molar-refractivity contribution in [3.05, 3.63) is 29.8 Å². The van der Waals surface area contributed by atoms with E-state index in [2.05, 4.69) is 10.6 Å². The van der Waals surface area contributed by atoms with Crippen molar-refractivity contribution in [2.45, 2.75) is 24.9 Å². The van der Waals surface area contributed by atoms with Gasteiger partial charge in [-0.3, -0.25) is 24.0 Å². The number of hydrogen-bond acceptors (Lipinski definition) is 8. The number of phenolic OH excluding ortho intramolecular Hbond substituents is 1. The van der Waals surface area contributed by atoms with Crippen molar-refractivity contribution in [1.82, 2.24) is 10.6 Å². The zero-order valence-corrected chi connectivity index (χ0v) is 16.7. The van der Waals surface area contributed by atoms with Gasteiger partial charge in [0.1, 0.15) is 24.4 Å². The molecule has 0 aliphatic carbocycles. The molecule has 0 saturated carbocycles. The summed E-state index contributed by atoms with van der Waals surface area (Å²) in [4.78, 5) is 57.7. The predicted molar refractivity (Wildman–Crippen MR) is 107 cm³/mol. The SMILES string of the molecule is N[C@@H](CCC(=O)N[C@@H](CSCC(=O)c1ccc(O)cc1)C(=O)NCC(=O)O)C(=O)O. The second-order valence-electron chi connectivity index (χ2n) is 6.20. The molecule has 2 atom stereocenters. The van der Waals surface area contributed by atoms with E-state index in [1.165, 1.54) is 24.3 Å². The van der Waals surface area contributed by atoms with Gasteiger partial charge in [0.05, 0.1) is 5.75 Å². The van der Waals surface area contributed by atoms with Gasteiger partial charge in [0.2, 0.25) is 11.8 Å². The Labute approximate surface area is 176 Å². The molecule has 0 saturated heterocycles. The number of rotatable bonds is 13. The van der Waals surface area contributed by atoms with E-state index in [0.29, 0.717) is 5.56 Å². The van der Waals surface area contributed by atoms with E-state index in [0.717, 1.165) is 11.8 Å². The van der Waals surface area contributed by atoms with Gasteiger partial charge in [0.15, 0.2) is 5.78 Å². The first-order valence-electron chi connectivity index (χ1n) is 8.77. The number of hydrogen-bond donors (Lipinski definition) is 6. The third-order valence-electron chi connectivity index (χ3n) is 3.77. The molecule has 11 nitrogen and oxygen atoms in total. The highest BCUT2D eigenvalue weighted by atomic mass is 32.2. The molecule has 0 heterocycles. The first-order chi connectivity index (χ1) is 14.1. The standard InChI is InChI=1S/C18H23N3O8S/c19-12(18(28)29)5-6-15(24)21-13(17(27)20-7-16(25)26)8-30-9-14(23)10-1-3-11(22)4-2-10/h1-4,12-13,22H,5-9,19H2,(H,20,27)(H,21,24)(H,25,26)(H,28,29)/t12-,13-/m0/s1. The highest BCUT2D eigenvalue weighted by Gasteiger charge is 2.23. The van der Waals surface area contributed by atoms with Crippen molar-refractivity contribution in [2.24, 2.45) is 5.73 Å². The number of aliphatic carboxylic acids is 2. The maximum absolute atomic E-state index is 12.2. The Kier molecular flexibility index (Phi) is 10.3. The van der Waals surface area contributed by atoms with Crippen LogP contribution in [0.1, 0.15) is 23.2 Å². The van der Waals surface area contributed by atoms with E-state index in [9.17, 15) is 29.1 Å². The molecule has 7 N–H and O–H groups in total. The van der Waals surface area contributed by atoms with Gasteiger partial charge in [0.25, 0.3) is 0 Å². The van der Waals surface area contributed by atoms with Gasteiger partial charge in [-0.2, -0.15) is 11.8 Å². The van der Waals surface area contributed by atoms with Crippen LogP contribution in [-0.2, 0) is 19.2 Å². The number of nitrogens with one attached hydrogen (secondary N) is 2. The van der Waals surface area contributed by atoms with Crippen LogP contribution in [0.3, 0.4) is 0 Å². The number of aromatic hydroxyl groups is 1. The second-order valence-corrected chi connectivity index (χ2v) is 7.23. The average molecular weight is 441 g/mol. The van der Waals surface area contributed by atoms with Gasteiger partial charge in [-0.15, -0.1) is 0 Å². The highest BCUT2D eigenvalue weighted by Crippen LogP contribution is 2.13. The van der Waals surface area contributed by atoms with Crippen molar-refractivity contribution in [1.29, 1.82) is 0 Å². The molecule has 0 fully saturated rings. The molecule has 1 aromatic carbocycles. The van der Waals surface area contributed by atoms with Gasteiger partial charge in [-0.1, -0.05) is 0 Å². The van der Waals surface area contributed by atoms with Gasteiger partial charge >= 0.3 is 11.9 Å². The number of ketones is 1. The quantitative estimate of drug-likeness (QED) is 0.210. The fourth-order valence-electron chi connectivity index (χ4n) is 2.15. The van der Waals surface area contributed by atoms with E-state index >= 15 is 0 Å². The van der Waals surface area contributed by atoms with Gasteiger partial charge in [0, 0.05) is 17.7 Å². The molecule has 0 radical (unpaired) electrons. The number of benzene rings is 1. The third-order valence-corrected chi connectivity index (χ3v) is 4.81. The Morgan fingerprint density at radius 1 is 1.07 bits per heavy atom. The molecule has 1 aromatic rings. The van der Waals surface area contributed by atoms with Crippen molar-refractivity contribution >= 4 is 41.3 Å². The minimum absolute atomic E-state index is 0.0136. The zero-order chi connectivity index (χ0) is 22.7. The van der Waals surface area contributed by atoms with Gasteiger partial charge in [-0.25, -0.2) is 0 Å². The molecule has 30 heavy (non-hydrogen) atoms. The summed E-state index contributed by atoms with van der Waals surface area (Å²) in [5.41, 5.74) is 5.69. The average Bonchev–Trinajstić information content (AvgIpc) is 2.69. The molecule has 0 aliphatic rings. The first kappa shape index (κ1) is 24.9. The summed E-state index contributed by atoms with van der Waals surface area (Å²) in [6, 6.07) is 3.26. The highest BCUT2D eigenvalue weighted by molar-refractivity contribution is 8.00. The largest absolute Gasteiger partial charge is 0.508 e. The molecule has 0 bridgehead atoms. The summed E-state index contributed by atoms with van der Waals surface area (Å²) < 4.78 is 0. The molecule has 0 aromatic heterocycles. The lowest BCUT2D eigenvalue weighted by Gasteiger charge is -2.18. The van der Waals surface area contributed by atoms with E-state index < -0.39 is 42.4 Å². The molecule has 0 spiro atoms. The number of nitrogens with two attached hydrogens (primary N) is 1. The summed E-state index contributed by atoms with van der Waals surface area (Å²) in [6.07, 6.45) is -0.385. The van der Waals surface area contributed by atoms with E-state index in [1.807, 2.05) is 0 Å². The maximum atomic E-state index is 12.2. The molecule has 0 aliphatic heterocycles. The topological polar surface area (TPSA) is 196 Å². The number of amides is 2. The number of carbonyl (C=O) groups excluding carboxylic acids is 3. The molecular formula is C18H23N3O8S. The number of carboxylic acid groups (broad SMARTS) is 2. The molecule has 0 unspecified atom stereocenters. The zero-order valence-electron chi connectivity index (χ0n) is 15.9. The lowest BCUT2D eigenvalue weighted by molar-refractivity contribution is -0.139. The van der Waals surface area contributed by atoms with E-state index in [-0.39, 0.29) is 35.9 Å². The van der Waals surface area contributed by atoms with Crippen molar-refractivity contribution in [3.63, 3.8) is 0 Å².